The molecule has 0 atom stereocenters. The first-order valence-corrected chi connectivity index (χ1v) is 6.84. The summed E-state index contributed by atoms with van der Waals surface area (Å²) in [6.45, 7) is 0.786. The largest absolute Gasteiger partial charge is 0.489 e. The van der Waals surface area contributed by atoms with E-state index in [1.807, 2.05) is 0 Å². The zero-order valence-corrected chi connectivity index (χ0v) is 11.3. The summed E-state index contributed by atoms with van der Waals surface area (Å²) in [4.78, 5) is 14.5. The van der Waals surface area contributed by atoms with Gasteiger partial charge in [-0.2, -0.15) is 0 Å². The third-order valence-electron chi connectivity index (χ3n) is 2.81. The third-order valence-corrected chi connectivity index (χ3v) is 4.03. The van der Waals surface area contributed by atoms with Crippen molar-refractivity contribution < 1.29 is 13.9 Å². The van der Waals surface area contributed by atoms with E-state index in [-0.39, 0.29) is 11.7 Å². The Morgan fingerprint density at radius 2 is 2.21 bits per heavy atom. The van der Waals surface area contributed by atoms with Crippen molar-refractivity contribution in [1.29, 1.82) is 0 Å². The van der Waals surface area contributed by atoms with Crippen molar-refractivity contribution in [2.45, 2.75) is 0 Å². The van der Waals surface area contributed by atoms with Gasteiger partial charge in [-0.15, -0.1) is 11.3 Å². The van der Waals surface area contributed by atoms with E-state index in [4.69, 9.17) is 16.3 Å². The molecule has 1 aliphatic heterocycles. The van der Waals surface area contributed by atoms with Gasteiger partial charge in [0.25, 0.3) is 5.91 Å². The number of carbonyl (C=O) groups excluding carboxylic acids is 1. The van der Waals surface area contributed by atoms with Gasteiger partial charge in [-0.25, -0.2) is 4.39 Å². The third kappa shape index (κ3) is 2.31. The first kappa shape index (κ1) is 12.4. The van der Waals surface area contributed by atoms with Crippen molar-refractivity contribution >= 4 is 34.5 Å². The second-order valence-electron chi connectivity index (χ2n) is 4.02. The number of hydrogen-bond donors (Lipinski definition) is 0. The SMILES string of the molecule is O=C(c1ccc(Cl)s1)N1CCOc2cc(F)ccc21. The van der Waals surface area contributed by atoms with Crippen molar-refractivity contribution in [3.63, 3.8) is 0 Å². The number of amides is 1. The van der Waals surface area contributed by atoms with E-state index in [1.54, 1.807) is 23.1 Å². The van der Waals surface area contributed by atoms with E-state index in [0.29, 0.717) is 33.8 Å². The first-order chi connectivity index (χ1) is 9.15. The van der Waals surface area contributed by atoms with E-state index in [1.165, 1.54) is 23.5 Å². The number of ether oxygens (including phenoxy) is 1. The van der Waals surface area contributed by atoms with Gasteiger partial charge < -0.3 is 9.64 Å². The maximum Gasteiger partial charge on any atom is 0.268 e. The second-order valence-corrected chi connectivity index (χ2v) is 5.74. The van der Waals surface area contributed by atoms with Gasteiger partial charge in [0.05, 0.1) is 21.4 Å². The van der Waals surface area contributed by atoms with Gasteiger partial charge in [0.1, 0.15) is 18.2 Å². The summed E-state index contributed by atoms with van der Waals surface area (Å²) >= 11 is 7.06. The molecule has 1 amide bonds. The minimum absolute atomic E-state index is 0.145. The quantitative estimate of drug-likeness (QED) is 0.805. The van der Waals surface area contributed by atoms with E-state index in [0.717, 1.165) is 0 Å². The molecule has 0 unspecified atom stereocenters. The van der Waals surface area contributed by atoms with Gasteiger partial charge in [0.2, 0.25) is 0 Å². The van der Waals surface area contributed by atoms with Crippen molar-refractivity contribution in [1.82, 2.24) is 0 Å². The lowest BCUT2D eigenvalue weighted by atomic mass is 10.2. The molecule has 19 heavy (non-hydrogen) atoms. The number of carbonyl (C=O) groups is 1. The Hall–Kier alpha value is -1.59. The molecule has 2 heterocycles. The molecular formula is C13H9ClFNO2S. The number of thiophene rings is 1. The zero-order chi connectivity index (χ0) is 13.4. The van der Waals surface area contributed by atoms with Crippen molar-refractivity contribution in [2.75, 3.05) is 18.1 Å². The van der Waals surface area contributed by atoms with Crippen LogP contribution in [0.25, 0.3) is 0 Å². The Labute approximate surface area is 118 Å². The Kier molecular flexibility index (Phi) is 3.16. The summed E-state index contributed by atoms with van der Waals surface area (Å²) in [5, 5.41) is 0. The molecule has 1 aromatic heterocycles. The maximum atomic E-state index is 13.2. The molecule has 1 aromatic carbocycles. The van der Waals surface area contributed by atoms with Gasteiger partial charge in [-0.3, -0.25) is 4.79 Å². The van der Waals surface area contributed by atoms with Gasteiger partial charge >= 0.3 is 0 Å². The molecule has 0 radical (unpaired) electrons. The van der Waals surface area contributed by atoms with Crippen LogP contribution in [0.15, 0.2) is 30.3 Å². The molecule has 0 fully saturated rings. The lowest BCUT2D eigenvalue weighted by Crippen LogP contribution is -2.37. The molecule has 3 nitrogen and oxygen atoms in total. The Bertz CT molecular complexity index is 643. The molecule has 1 aliphatic rings. The first-order valence-electron chi connectivity index (χ1n) is 5.65. The summed E-state index contributed by atoms with van der Waals surface area (Å²) in [6, 6.07) is 7.53. The summed E-state index contributed by atoms with van der Waals surface area (Å²) in [5.74, 6) is -0.137. The Morgan fingerprint density at radius 1 is 1.37 bits per heavy atom. The van der Waals surface area contributed by atoms with Crippen LogP contribution in [-0.4, -0.2) is 19.1 Å². The van der Waals surface area contributed by atoms with Crippen molar-refractivity contribution in [3.05, 3.63) is 45.4 Å². The summed E-state index contributed by atoms with van der Waals surface area (Å²) in [6.07, 6.45) is 0. The molecule has 0 saturated heterocycles. The highest BCUT2D eigenvalue weighted by Gasteiger charge is 2.25. The molecule has 3 rings (SSSR count). The summed E-state index contributed by atoms with van der Waals surface area (Å²) < 4.78 is 19.1. The molecule has 0 aliphatic carbocycles. The predicted molar refractivity (Wildman–Crippen MR) is 72.9 cm³/mol. The fraction of sp³-hybridized carbons (Fsp3) is 0.154. The molecule has 2 aromatic rings. The maximum absolute atomic E-state index is 13.2. The van der Waals surface area contributed by atoms with E-state index in [2.05, 4.69) is 0 Å². The predicted octanol–water partition coefficient (Wildman–Crippen LogP) is 3.58. The minimum Gasteiger partial charge on any atom is -0.489 e. The highest BCUT2D eigenvalue weighted by Crippen LogP contribution is 2.34. The van der Waals surface area contributed by atoms with Crippen LogP contribution in [0, 0.1) is 5.82 Å². The smallest absolute Gasteiger partial charge is 0.268 e. The number of fused-ring (bicyclic) bond motifs is 1. The summed E-state index contributed by atoms with van der Waals surface area (Å²) in [5.41, 5.74) is 0.585. The average molecular weight is 298 g/mol. The zero-order valence-electron chi connectivity index (χ0n) is 9.73. The fourth-order valence-electron chi connectivity index (χ4n) is 1.97. The molecule has 6 heteroatoms. The highest BCUT2D eigenvalue weighted by molar-refractivity contribution is 7.18. The van der Waals surface area contributed by atoms with Gasteiger partial charge in [0, 0.05) is 6.07 Å². The minimum atomic E-state index is -0.382. The average Bonchev–Trinajstić information content (AvgIpc) is 2.83. The fourth-order valence-corrected chi connectivity index (χ4v) is 2.96. The standard InChI is InChI=1S/C13H9ClFNO2S/c14-12-4-3-11(19-12)13(17)16-5-6-18-10-7-8(15)1-2-9(10)16/h1-4,7H,5-6H2. The van der Waals surface area contributed by atoms with Crippen LogP contribution in [0.5, 0.6) is 5.75 Å². The van der Waals surface area contributed by atoms with Gasteiger partial charge in [-0.05, 0) is 24.3 Å². The monoisotopic (exact) mass is 297 g/mol. The number of halogens is 2. The summed E-state index contributed by atoms with van der Waals surface area (Å²) in [7, 11) is 0. The van der Waals surface area contributed by atoms with Crippen LogP contribution in [0.4, 0.5) is 10.1 Å². The molecule has 0 saturated carbocycles. The molecule has 0 N–H and O–H groups in total. The van der Waals surface area contributed by atoms with E-state index in [9.17, 15) is 9.18 Å². The van der Waals surface area contributed by atoms with Crippen LogP contribution in [-0.2, 0) is 0 Å². The number of nitrogens with zero attached hydrogens (tertiary/aromatic N) is 1. The van der Waals surface area contributed by atoms with Crippen molar-refractivity contribution in [2.24, 2.45) is 0 Å². The molecule has 0 spiro atoms. The van der Waals surface area contributed by atoms with Crippen LogP contribution in [0.1, 0.15) is 9.67 Å². The van der Waals surface area contributed by atoms with E-state index < -0.39 is 0 Å². The lowest BCUT2D eigenvalue weighted by Gasteiger charge is -2.29. The van der Waals surface area contributed by atoms with Gasteiger partial charge in [0.15, 0.2) is 0 Å². The number of rotatable bonds is 1. The number of hydrogen-bond acceptors (Lipinski definition) is 3. The highest BCUT2D eigenvalue weighted by atomic mass is 35.5. The Balaban J connectivity index is 1.97. The van der Waals surface area contributed by atoms with Crippen LogP contribution in [0.3, 0.4) is 0 Å². The van der Waals surface area contributed by atoms with Crippen molar-refractivity contribution in [3.8, 4) is 5.75 Å². The van der Waals surface area contributed by atoms with Crippen LogP contribution >= 0.6 is 22.9 Å². The Morgan fingerprint density at radius 3 is 2.95 bits per heavy atom. The normalized spacial score (nSPS) is 13.9. The number of benzene rings is 1. The van der Waals surface area contributed by atoms with Crippen LogP contribution in [0.2, 0.25) is 4.34 Å². The lowest BCUT2D eigenvalue weighted by molar-refractivity contribution is 0.0980. The van der Waals surface area contributed by atoms with Gasteiger partial charge in [-0.1, -0.05) is 11.6 Å². The number of anilines is 1. The van der Waals surface area contributed by atoms with E-state index >= 15 is 0 Å². The van der Waals surface area contributed by atoms with Crippen LogP contribution < -0.4 is 9.64 Å². The topological polar surface area (TPSA) is 29.5 Å². The molecule has 0 bridgehead atoms. The second kappa shape index (κ2) is 4.83. The molecular weight excluding hydrogens is 289 g/mol. The molecule has 98 valence electrons.